The Hall–Kier alpha value is -3.15. The summed E-state index contributed by atoms with van der Waals surface area (Å²) in [6.07, 6.45) is 0.0793. The molecule has 0 spiro atoms. The highest BCUT2D eigenvalue weighted by Gasteiger charge is 2.21. The molecule has 0 unspecified atom stereocenters. The van der Waals surface area contributed by atoms with Crippen LogP contribution in [0.4, 0.5) is 5.69 Å². The number of amides is 3. The van der Waals surface area contributed by atoms with Crippen LogP contribution < -0.4 is 10.6 Å². The van der Waals surface area contributed by atoms with Crippen LogP contribution in [-0.4, -0.2) is 36.2 Å². The Morgan fingerprint density at radius 1 is 1.00 bits per heavy atom. The number of benzene rings is 2. The number of hydrogen-bond acceptors (Lipinski definition) is 3. The Bertz CT molecular complexity index is 870. The summed E-state index contributed by atoms with van der Waals surface area (Å²) in [5.74, 6) is -0.691. The smallest absolute Gasteiger partial charge is 0.243 e. The Kier molecular flexibility index (Phi) is 7.53. The van der Waals surface area contributed by atoms with Crippen molar-refractivity contribution in [2.24, 2.45) is 0 Å². The van der Waals surface area contributed by atoms with Crippen molar-refractivity contribution in [2.45, 2.75) is 40.2 Å². The zero-order valence-electron chi connectivity index (χ0n) is 17.7. The molecule has 2 aromatic carbocycles. The van der Waals surface area contributed by atoms with E-state index >= 15 is 0 Å². The average molecular weight is 396 g/mol. The van der Waals surface area contributed by atoms with Gasteiger partial charge < -0.3 is 15.5 Å². The molecule has 0 bridgehead atoms. The normalized spacial score (nSPS) is 11.5. The average Bonchev–Trinajstić information content (AvgIpc) is 2.64. The van der Waals surface area contributed by atoms with Gasteiger partial charge in [-0.3, -0.25) is 14.4 Å². The van der Waals surface area contributed by atoms with Crippen LogP contribution in [0.3, 0.4) is 0 Å². The zero-order valence-corrected chi connectivity index (χ0v) is 17.7. The molecule has 0 fully saturated rings. The summed E-state index contributed by atoms with van der Waals surface area (Å²) in [4.78, 5) is 38.1. The fourth-order valence-corrected chi connectivity index (χ4v) is 3.37. The molecule has 0 heterocycles. The van der Waals surface area contributed by atoms with Gasteiger partial charge in [-0.15, -0.1) is 0 Å². The van der Waals surface area contributed by atoms with Crippen molar-refractivity contribution in [1.29, 1.82) is 0 Å². The molecule has 0 radical (unpaired) electrons. The highest BCUT2D eigenvalue weighted by Crippen LogP contribution is 2.22. The molecule has 1 atom stereocenters. The first-order chi connectivity index (χ1) is 13.7. The monoisotopic (exact) mass is 395 g/mol. The van der Waals surface area contributed by atoms with Crippen LogP contribution in [0.15, 0.2) is 42.5 Å². The van der Waals surface area contributed by atoms with Gasteiger partial charge in [0.15, 0.2) is 0 Å². The van der Waals surface area contributed by atoms with Gasteiger partial charge in [0.2, 0.25) is 17.7 Å². The molecular weight excluding hydrogens is 366 g/mol. The van der Waals surface area contributed by atoms with Crippen molar-refractivity contribution in [1.82, 2.24) is 10.2 Å². The maximum Gasteiger partial charge on any atom is 0.243 e. The van der Waals surface area contributed by atoms with Crippen LogP contribution in [0.5, 0.6) is 0 Å². The largest absolute Gasteiger partial charge is 0.349 e. The molecule has 0 aromatic heterocycles. The van der Waals surface area contributed by atoms with Crippen molar-refractivity contribution in [2.75, 3.05) is 18.9 Å². The van der Waals surface area contributed by atoms with E-state index in [1.54, 1.807) is 7.05 Å². The number of carbonyl (C=O) groups is 3. The summed E-state index contributed by atoms with van der Waals surface area (Å²) in [5, 5.41) is 5.71. The summed E-state index contributed by atoms with van der Waals surface area (Å²) in [6.45, 7) is 7.26. The Morgan fingerprint density at radius 2 is 1.59 bits per heavy atom. The van der Waals surface area contributed by atoms with Crippen molar-refractivity contribution in [3.05, 3.63) is 64.7 Å². The molecule has 6 heteroatoms. The number of nitrogens with one attached hydrogen (secondary N) is 2. The lowest BCUT2D eigenvalue weighted by Gasteiger charge is -2.22. The lowest BCUT2D eigenvalue weighted by molar-refractivity contribution is -0.134. The van der Waals surface area contributed by atoms with E-state index in [2.05, 4.69) is 10.6 Å². The Labute approximate surface area is 172 Å². The molecule has 0 aliphatic rings. The quantitative estimate of drug-likeness (QED) is 0.755. The van der Waals surface area contributed by atoms with Crippen molar-refractivity contribution < 1.29 is 14.4 Å². The molecule has 2 aromatic rings. The van der Waals surface area contributed by atoms with Crippen LogP contribution >= 0.6 is 0 Å². The van der Waals surface area contributed by atoms with E-state index in [0.29, 0.717) is 0 Å². The lowest BCUT2D eigenvalue weighted by Crippen LogP contribution is -2.38. The van der Waals surface area contributed by atoms with Crippen LogP contribution in [0.2, 0.25) is 0 Å². The molecule has 6 nitrogen and oxygen atoms in total. The highest BCUT2D eigenvalue weighted by atomic mass is 16.2. The van der Waals surface area contributed by atoms with Crippen molar-refractivity contribution in [3.63, 3.8) is 0 Å². The van der Waals surface area contributed by atoms with E-state index in [1.165, 1.54) is 11.8 Å². The lowest BCUT2D eigenvalue weighted by atomic mass is 10.0. The van der Waals surface area contributed by atoms with Crippen LogP contribution in [0.25, 0.3) is 0 Å². The van der Waals surface area contributed by atoms with Gasteiger partial charge >= 0.3 is 0 Å². The molecule has 154 valence electrons. The van der Waals surface area contributed by atoms with Crippen LogP contribution in [0.1, 0.15) is 41.6 Å². The first-order valence-corrected chi connectivity index (χ1v) is 9.61. The number of rotatable bonds is 7. The third-order valence-electron chi connectivity index (χ3n) is 4.71. The van der Waals surface area contributed by atoms with Gasteiger partial charge in [-0.25, -0.2) is 0 Å². The third kappa shape index (κ3) is 6.45. The van der Waals surface area contributed by atoms with E-state index in [1.807, 2.05) is 63.2 Å². The topological polar surface area (TPSA) is 78.5 Å². The standard InChI is InChI=1S/C23H29N3O3/c1-15-11-16(2)23(17(3)12-15)25-21(28)14-26(5)22(29)13-20(24-18(4)27)19-9-7-6-8-10-19/h6-12,20H,13-14H2,1-5H3,(H,24,27)(H,25,28)/t20-/m1/s1. The van der Waals surface area contributed by atoms with E-state index in [0.717, 1.165) is 27.9 Å². The first-order valence-electron chi connectivity index (χ1n) is 9.61. The second-order valence-corrected chi connectivity index (χ2v) is 7.44. The first kappa shape index (κ1) is 22.1. The number of hydrogen-bond donors (Lipinski definition) is 2. The van der Waals surface area contributed by atoms with E-state index in [-0.39, 0.29) is 30.7 Å². The molecular formula is C23H29N3O3. The molecule has 0 saturated heterocycles. The predicted molar refractivity (Wildman–Crippen MR) is 115 cm³/mol. The van der Waals surface area contributed by atoms with E-state index < -0.39 is 6.04 Å². The fourth-order valence-electron chi connectivity index (χ4n) is 3.37. The highest BCUT2D eigenvalue weighted by molar-refractivity contribution is 5.95. The molecule has 3 amide bonds. The van der Waals surface area contributed by atoms with Crippen LogP contribution in [0, 0.1) is 20.8 Å². The third-order valence-corrected chi connectivity index (χ3v) is 4.71. The maximum atomic E-state index is 12.7. The molecule has 0 aliphatic heterocycles. The van der Waals surface area contributed by atoms with E-state index in [9.17, 15) is 14.4 Å². The SMILES string of the molecule is CC(=O)N[C@H](CC(=O)N(C)CC(=O)Nc1c(C)cc(C)cc1C)c1ccccc1. The summed E-state index contributed by atoms with van der Waals surface area (Å²) in [7, 11) is 1.59. The minimum atomic E-state index is -0.437. The van der Waals surface area contributed by atoms with Gasteiger partial charge in [0, 0.05) is 19.7 Å². The number of nitrogens with zero attached hydrogens (tertiary/aromatic N) is 1. The molecule has 0 saturated carbocycles. The van der Waals surface area contributed by atoms with Gasteiger partial charge in [-0.1, -0.05) is 48.0 Å². The number of aryl methyl sites for hydroxylation is 3. The van der Waals surface area contributed by atoms with Gasteiger partial charge in [0.05, 0.1) is 19.0 Å². The maximum absolute atomic E-state index is 12.7. The fraction of sp³-hybridized carbons (Fsp3) is 0.348. The summed E-state index contributed by atoms with van der Waals surface area (Å²) < 4.78 is 0. The summed E-state index contributed by atoms with van der Waals surface area (Å²) >= 11 is 0. The zero-order chi connectivity index (χ0) is 21.6. The second kappa shape index (κ2) is 9.87. The summed E-state index contributed by atoms with van der Waals surface area (Å²) in [5.41, 5.74) is 4.73. The van der Waals surface area contributed by atoms with Gasteiger partial charge in [0.1, 0.15) is 0 Å². The molecule has 29 heavy (non-hydrogen) atoms. The van der Waals surface area contributed by atoms with Gasteiger partial charge in [0.25, 0.3) is 0 Å². The minimum absolute atomic E-state index is 0.0623. The molecule has 2 rings (SSSR count). The number of anilines is 1. The number of carbonyl (C=O) groups excluding carboxylic acids is 3. The Morgan fingerprint density at radius 3 is 2.14 bits per heavy atom. The van der Waals surface area contributed by atoms with Gasteiger partial charge in [-0.2, -0.15) is 0 Å². The van der Waals surface area contributed by atoms with Gasteiger partial charge in [-0.05, 0) is 37.5 Å². The molecule has 0 aliphatic carbocycles. The summed E-state index contributed by atoms with van der Waals surface area (Å²) in [6, 6.07) is 12.9. The van der Waals surface area contributed by atoms with E-state index in [4.69, 9.17) is 0 Å². The van der Waals surface area contributed by atoms with Crippen molar-refractivity contribution in [3.8, 4) is 0 Å². The predicted octanol–water partition coefficient (Wildman–Crippen LogP) is 3.28. The Balaban J connectivity index is 2.02. The molecule has 2 N–H and O–H groups in total. The van der Waals surface area contributed by atoms with Crippen molar-refractivity contribution >= 4 is 23.4 Å². The number of likely N-dealkylation sites (N-methyl/N-ethyl adjacent to an activating group) is 1. The second-order valence-electron chi connectivity index (χ2n) is 7.44. The van der Waals surface area contributed by atoms with Crippen LogP contribution in [-0.2, 0) is 14.4 Å². The minimum Gasteiger partial charge on any atom is -0.349 e.